The third-order valence-corrected chi connectivity index (χ3v) is 6.90. The van der Waals surface area contributed by atoms with Crippen molar-refractivity contribution in [2.45, 2.75) is 29.4 Å². The number of rotatable bonds is 4. The molecule has 0 bridgehead atoms. The van der Waals surface area contributed by atoms with Crippen LogP contribution in [0.5, 0.6) is 5.75 Å². The lowest BCUT2D eigenvalue weighted by atomic mass is 9.93. The fourth-order valence-electron chi connectivity index (χ4n) is 3.67. The number of nitrogens with zero attached hydrogens (tertiary/aromatic N) is 1. The van der Waals surface area contributed by atoms with Gasteiger partial charge in [-0.1, -0.05) is 33.6 Å². The number of carbonyl (C=O) groups is 1. The predicted molar refractivity (Wildman–Crippen MR) is 109 cm³/mol. The molecular weight excluding hydrogens is 410 g/mol. The van der Waals surface area contributed by atoms with Crippen molar-refractivity contribution >= 4 is 33.5 Å². The van der Waals surface area contributed by atoms with E-state index in [4.69, 9.17) is 4.74 Å². The lowest BCUT2D eigenvalue weighted by molar-refractivity contribution is 0.0832. The fourth-order valence-corrected chi connectivity index (χ4v) is 5.32. The molecule has 2 aliphatic heterocycles. The van der Waals surface area contributed by atoms with Crippen LogP contribution >= 0.6 is 27.7 Å². The second-order valence-corrected chi connectivity index (χ2v) is 9.52. The SMILES string of the molecule is Cc1ccc(S[C@@]2(CN3CCCC3)COc3ccc(Br)cc3C2=O)cc1. The van der Waals surface area contributed by atoms with Crippen LogP contribution < -0.4 is 4.74 Å². The molecule has 3 nitrogen and oxygen atoms in total. The first-order chi connectivity index (χ1) is 12.6. The molecule has 0 spiro atoms. The van der Waals surface area contributed by atoms with E-state index in [1.807, 2.05) is 18.2 Å². The van der Waals surface area contributed by atoms with Crippen LogP contribution in [-0.4, -0.2) is 41.7 Å². The third-order valence-electron chi connectivity index (χ3n) is 5.07. The van der Waals surface area contributed by atoms with E-state index in [0.29, 0.717) is 17.9 Å². The number of fused-ring (bicyclic) bond motifs is 1. The van der Waals surface area contributed by atoms with E-state index >= 15 is 0 Å². The van der Waals surface area contributed by atoms with Crippen molar-refractivity contribution in [2.24, 2.45) is 0 Å². The first-order valence-corrected chi connectivity index (χ1v) is 10.6. The second kappa shape index (κ2) is 7.37. The zero-order chi connectivity index (χ0) is 18.1. The van der Waals surface area contributed by atoms with Gasteiger partial charge in [0, 0.05) is 15.9 Å². The van der Waals surface area contributed by atoms with E-state index in [1.165, 1.54) is 18.4 Å². The molecule has 0 radical (unpaired) electrons. The molecule has 2 aromatic rings. The van der Waals surface area contributed by atoms with Gasteiger partial charge < -0.3 is 9.64 Å². The Bertz CT molecular complexity index is 817. The predicted octanol–water partition coefficient (Wildman–Crippen LogP) is 4.96. The van der Waals surface area contributed by atoms with Gasteiger partial charge in [-0.3, -0.25) is 4.79 Å². The Morgan fingerprint density at radius 1 is 1.15 bits per heavy atom. The van der Waals surface area contributed by atoms with Crippen LogP contribution in [-0.2, 0) is 0 Å². The molecule has 2 aliphatic rings. The summed E-state index contributed by atoms with van der Waals surface area (Å²) in [5.41, 5.74) is 1.91. The van der Waals surface area contributed by atoms with Crippen LogP contribution in [0.15, 0.2) is 51.8 Å². The third kappa shape index (κ3) is 3.57. The molecule has 2 aromatic carbocycles. The monoisotopic (exact) mass is 431 g/mol. The van der Waals surface area contributed by atoms with Crippen molar-refractivity contribution in [3.05, 3.63) is 58.1 Å². The average molecular weight is 432 g/mol. The van der Waals surface area contributed by atoms with Crippen LogP contribution in [0.1, 0.15) is 28.8 Å². The Labute approximate surface area is 167 Å². The van der Waals surface area contributed by atoms with E-state index in [9.17, 15) is 4.79 Å². The smallest absolute Gasteiger partial charge is 0.187 e. The highest BCUT2D eigenvalue weighted by Gasteiger charge is 2.46. The molecule has 2 heterocycles. The topological polar surface area (TPSA) is 29.5 Å². The Kier molecular flexibility index (Phi) is 5.13. The van der Waals surface area contributed by atoms with Gasteiger partial charge in [0.2, 0.25) is 0 Å². The van der Waals surface area contributed by atoms with Crippen molar-refractivity contribution in [3.8, 4) is 5.75 Å². The van der Waals surface area contributed by atoms with E-state index in [1.54, 1.807) is 11.8 Å². The molecular formula is C21H22BrNO2S. The molecule has 4 rings (SSSR count). The summed E-state index contributed by atoms with van der Waals surface area (Å²) in [5, 5.41) is 0. The van der Waals surface area contributed by atoms with Gasteiger partial charge in [-0.25, -0.2) is 0 Å². The Balaban J connectivity index is 1.70. The number of aryl methyl sites for hydroxylation is 1. The lowest BCUT2D eigenvalue weighted by Crippen LogP contribution is -2.52. The normalized spacial score (nSPS) is 22.9. The van der Waals surface area contributed by atoms with Gasteiger partial charge >= 0.3 is 0 Å². The number of benzene rings is 2. The lowest BCUT2D eigenvalue weighted by Gasteiger charge is -2.38. The van der Waals surface area contributed by atoms with Gasteiger partial charge in [0.25, 0.3) is 0 Å². The van der Waals surface area contributed by atoms with Crippen LogP contribution in [0.4, 0.5) is 0 Å². The highest BCUT2D eigenvalue weighted by molar-refractivity contribution is 9.10. The molecule has 0 saturated carbocycles. The van der Waals surface area contributed by atoms with Crippen LogP contribution in [0.25, 0.3) is 0 Å². The summed E-state index contributed by atoms with van der Waals surface area (Å²) in [6.45, 7) is 5.35. The average Bonchev–Trinajstić information content (AvgIpc) is 3.14. The van der Waals surface area contributed by atoms with Gasteiger partial charge in [0.05, 0.1) is 5.56 Å². The van der Waals surface area contributed by atoms with Crippen molar-refractivity contribution in [2.75, 3.05) is 26.2 Å². The van der Waals surface area contributed by atoms with Crippen LogP contribution in [0, 0.1) is 6.92 Å². The first kappa shape index (κ1) is 18.1. The van der Waals surface area contributed by atoms with E-state index in [2.05, 4.69) is 52.0 Å². The molecule has 0 aromatic heterocycles. The van der Waals surface area contributed by atoms with E-state index in [0.717, 1.165) is 29.0 Å². The van der Waals surface area contributed by atoms with Gasteiger partial charge in [-0.15, -0.1) is 11.8 Å². The van der Waals surface area contributed by atoms with Crippen LogP contribution in [0.3, 0.4) is 0 Å². The van der Waals surface area contributed by atoms with Crippen molar-refractivity contribution in [1.29, 1.82) is 0 Å². The van der Waals surface area contributed by atoms with Crippen molar-refractivity contribution < 1.29 is 9.53 Å². The second-order valence-electron chi connectivity index (χ2n) is 7.15. The summed E-state index contributed by atoms with van der Waals surface area (Å²) in [7, 11) is 0. The molecule has 1 fully saturated rings. The molecule has 1 atom stereocenters. The molecule has 0 amide bonds. The fraction of sp³-hybridized carbons (Fsp3) is 0.381. The summed E-state index contributed by atoms with van der Waals surface area (Å²) in [6, 6.07) is 14.1. The highest BCUT2D eigenvalue weighted by atomic mass is 79.9. The maximum absolute atomic E-state index is 13.6. The molecule has 1 saturated heterocycles. The minimum atomic E-state index is -0.604. The van der Waals surface area contributed by atoms with Crippen molar-refractivity contribution in [3.63, 3.8) is 0 Å². The summed E-state index contributed by atoms with van der Waals surface area (Å²) in [6.07, 6.45) is 2.42. The Hall–Kier alpha value is -1.30. The first-order valence-electron chi connectivity index (χ1n) is 9.01. The number of Topliss-reactive ketones (excluding diaryl/α,β-unsaturated/α-hetero) is 1. The largest absolute Gasteiger partial charge is 0.491 e. The summed E-state index contributed by atoms with van der Waals surface area (Å²) in [5.74, 6) is 0.872. The molecule has 0 N–H and O–H groups in total. The molecule has 0 unspecified atom stereocenters. The molecule has 26 heavy (non-hydrogen) atoms. The Morgan fingerprint density at radius 3 is 2.62 bits per heavy atom. The number of hydrogen-bond donors (Lipinski definition) is 0. The van der Waals surface area contributed by atoms with Crippen molar-refractivity contribution in [1.82, 2.24) is 4.90 Å². The van der Waals surface area contributed by atoms with Gasteiger partial charge in [0.1, 0.15) is 17.1 Å². The zero-order valence-corrected chi connectivity index (χ0v) is 17.2. The number of carbonyl (C=O) groups excluding carboxylic acids is 1. The number of thioether (sulfide) groups is 1. The molecule has 136 valence electrons. The van der Waals surface area contributed by atoms with Crippen LogP contribution in [0.2, 0.25) is 0 Å². The standard InChI is InChI=1S/C21H22BrNO2S/c1-15-4-7-17(8-5-15)26-21(13-23-10-2-3-11-23)14-25-19-9-6-16(22)12-18(19)20(21)24/h4-9,12H,2-3,10-11,13-14H2,1H3/t21-/m0/s1. The molecule has 5 heteroatoms. The van der Waals surface area contributed by atoms with Gasteiger partial charge in [-0.2, -0.15) is 0 Å². The maximum Gasteiger partial charge on any atom is 0.187 e. The number of ether oxygens (including phenoxy) is 1. The number of ketones is 1. The van der Waals surface area contributed by atoms with Gasteiger partial charge in [0.15, 0.2) is 5.78 Å². The maximum atomic E-state index is 13.6. The minimum Gasteiger partial charge on any atom is -0.491 e. The zero-order valence-electron chi connectivity index (χ0n) is 14.8. The number of halogens is 1. The quantitative estimate of drug-likeness (QED) is 0.683. The highest BCUT2D eigenvalue weighted by Crippen LogP contribution is 2.43. The van der Waals surface area contributed by atoms with E-state index in [-0.39, 0.29) is 5.78 Å². The van der Waals surface area contributed by atoms with Gasteiger partial charge in [-0.05, 0) is 63.2 Å². The number of likely N-dealkylation sites (tertiary alicyclic amines) is 1. The minimum absolute atomic E-state index is 0.178. The Morgan fingerprint density at radius 2 is 1.88 bits per heavy atom. The summed E-state index contributed by atoms with van der Waals surface area (Å²) >= 11 is 5.15. The summed E-state index contributed by atoms with van der Waals surface area (Å²) < 4.78 is 6.39. The number of hydrogen-bond acceptors (Lipinski definition) is 4. The van der Waals surface area contributed by atoms with E-state index < -0.39 is 4.75 Å². The summed E-state index contributed by atoms with van der Waals surface area (Å²) in [4.78, 5) is 17.1. The molecule has 0 aliphatic carbocycles.